The van der Waals surface area contributed by atoms with Crippen LogP contribution in [0.2, 0.25) is 0 Å². The van der Waals surface area contributed by atoms with Gasteiger partial charge in [0.2, 0.25) is 0 Å². The second-order valence-corrected chi connectivity index (χ2v) is 6.71. The predicted molar refractivity (Wildman–Crippen MR) is 92.4 cm³/mol. The van der Waals surface area contributed by atoms with Gasteiger partial charge < -0.3 is 19.7 Å². The van der Waals surface area contributed by atoms with Gasteiger partial charge in [-0.25, -0.2) is 4.79 Å². The summed E-state index contributed by atoms with van der Waals surface area (Å²) in [4.78, 5) is 37.2. The van der Waals surface area contributed by atoms with Crippen molar-refractivity contribution in [1.82, 2.24) is 0 Å². The molecule has 136 valence electrons. The number of benzene rings is 1. The Bertz CT molecular complexity index is 899. The zero-order valence-electron chi connectivity index (χ0n) is 13.9. The molecule has 7 nitrogen and oxygen atoms in total. The fourth-order valence-corrected chi connectivity index (χ4v) is 4.14. The number of halogens is 1. The van der Waals surface area contributed by atoms with E-state index in [2.05, 4.69) is 20.7 Å². The summed E-state index contributed by atoms with van der Waals surface area (Å²) in [5.74, 6) is -4.47. The molecular weight excluding hydrogens is 408 g/mol. The monoisotopic (exact) mass is 422 g/mol. The first kappa shape index (κ1) is 18.3. The summed E-state index contributed by atoms with van der Waals surface area (Å²) in [6.45, 7) is 0. The molecule has 2 aliphatic rings. The number of hydrogen-bond donors (Lipinski definition) is 2. The fraction of sp³-hybridized carbons (Fsp3) is 0.278. The van der Waals surface area contributed by atoms with E-state index in [9.17, 15) is 24.6 Å². The minimum atomic E-state index is -2.04. The van der Waals surface area contributed by atoms with Crippen LogP contribution in [-0.4, -0.2) is 42.2 Å². The average molecular weight is 423 g/mol. The molecule has 0 spiro atoms. The Kier molecular flexibility index (Phi) is 4.49. The Morgan fingerprint density at radius 2 is 1.88 bits per heavy atom. The molecule has 1 aromatic rings. The number of rotatable bonds is 2. The number of hydrogen-bond acceptors (Lipinski definition) is 7. The van der Waals surface area contributed by atoms with Gasteiger partial charge in [-0.2, -0.15) is 0 Å². The lowest BCUT2D eigenvalue weighted by atomic mass is 9.64. The summed E-state index contributed by atoms with van der Waals surface area (Å²) >= 11 is 3.18. The quantitative estimate of drug-likeness (QED) is 0.700. The van der Waals surface area contributed by atoms with E-state index in [4.69, 9.17) is 4.74 Å². The summed E-state index contributed by atoms with van der Waals surface area (Å²) < 4.78 is 9.43. The highest BCUT2D eigenvalue weighted by Gasteiger charge is 2.57. The number of aliphatic hydroxyl groups excluding tert-OH is 1. The van der Waals surface area contributed by atoms with Crippen LogP contribution in [0.25, 0.3) is 0 Å². The molecule has 0 amide bonds. The van der Waals surface area contributed by atoms with Gasteiger partial charge in [-0.15, -0.1) is 0 Å². The zero-order valence-corrected chi connectivity index (χ0v) is 15.5. The molecule has 0 fully saturated rings. The van der Waals surface area contributed by atoms with Crippen LogP contribution in [0.3, 0.4) is 0 Å². The second kappa shape index (κ2) is 6.37. The van der Waals surface area contributed by atoms with Crippen LogP contribution in [0.5, 0.6) is 0 Å². The maximum Gasteiger partial charge on any atom is 0.337 e. The molecular formula is C18H15BrO7. The van der Waals surface area contributed by atoms with Crippen molar-refractivity contribution in [1.29, 1.82) is 0 Å². The van der Waals surface area contributed by atoms with Crippen molar-refractivity contribution >= 4 is 33.7 Å². The van der Waals surface area contributed by atoms with Crippen LogP contribution in [0.4, 0.5) is 0 Å². The minimum Gasteiger partial charge on any atom is -0.511 e. The average Bonchev–Trinajstić information content (AvgIpc) is 2.65. The Balaban J connectivity index is 2.38. The molecule has 0 bridgehead atoms. The highest BCUT2D eigenvalue weighted by molar-refractivity contribution is 9.12. The summed E-state index contributed by atoms with van der Waals surface area (Å²) in [5, 5.41) is 22.2. The Morgan fingerprint density at radius 1 is 1.23 bits per heavy atom. The van der Waals surface area contributed by atoms with E-state index >= 15 is 0 Å². The number of ketones is 1. The molecule has 8 heteroatoms. The van der Waals surface area contributed by atoms with Gasteiger partial charge in [0, 0.05) is 17.5 Å². The SMILES string of the molecule is COC(=O)C1=C(O)C(C(=O)OC)C2(O)C(=C(Br)C(=O)c3ccccc32)C1. The molecule has 3 rings (SSSR count). The number of Topliss-reactive ketones (excluding diaryl/α,β-unsaturated/α-hetero) is 1. The van der Waals surface area contributed by atoms with E-state index in [-0.39, 0.29) is 33.2 Å². The van der Waals surface area contributed by atoms with Crippen LogP contribution in [0.15, 0.2) is 45.7 Å². The van der Waals surface area contributed by atoms with Gasteiger partial charge in [0.05, 0.1) is 24.3 Å². The van der Waals surface area contributed by atoms with Gasteiger partial charge in [-0.3, -0.25) is 9.59 Å². The van der Waals surface area contributed by atoms with Gasteiger partial charge in [0.1, 0.15) is 11.4 Å². The molecule has 0 saturated carbocycles. The predicted octanol–water partition coefficient (Wildman–Crippen LogP) is 1.90. The number of carbonyl (C=O) groups excluding carboxylic acids is 3. The van der Waals surface area contributed by atoms with Crippen LogP contribution in [0, 0.1) is 5.92 Å². The summed E-state index contributed by atoms with van der Waals surface area (Å²) in [6, 6.07) is 6.24. The van der Waals surface area contributed by atoms with Gasteiger partial charge in [0.15, 0.2) is 11.7 Å². The van der Waals surface area contributed by atoms with Gasteiger partial charge in [-0.05, 0) is 21.5 Å². The number of esters is 2. The molecule has 2 aliphatic carbocycles. The topological polar surface area (TPSA) is 110 Å². The molecule has 1 aromatic carbocycles. The third-order valence-corrected chi connectivity index (χ3v) is 5.57. The molecule has 0 saturated heterocycles. The lowest BCUT2D eigenvalue weighted by Gasteiger charge is -2.43. The summed E-state index contributed by atoms with van der Waals surface area (Å²) in [7, 11) is 2.23. The third kappa shape index (κ3) is 2.33. The Morgan fingerprint density at radius 3 is 2.50 bits per heavy atom. The normalized spacial score (nSPS) is 24.8. The number of ether oxygens (including phenoxy) is 2. The van der Waals surface area contributed by atoms with Crippen molar-refractivity contribution in [3.05, 3.63) is 56.8 Å². The lowest BCUT2D eigenvalue weighted by Crippen LogP contribution is -2.49. The Labute approximate surface area is 157 Å². The van der Waals surface area contributed by atoms with E-state index < -0.39 is 35.0 Å². The summed E-state index contributed by atoms with van der Waals surface area (Å²) in [5.41, 5.74) is -1.82. The third-order valence-electron chi connectivity index (χ3n) is 4.73. The van der Waals surface area contributed by atoms with Crippen LogP contribution < -0.4 is 0 Å². The minimum absolute atomic E-state index is 0.0292. The maximum atomic E-state index is 12.7. The maximum absolute atomic E-state index is 12.7. The van der Waals surface area contributed by atoms with E-state index in [1.54, 1.807) is 12.1 Å². The molecule has 2 atom stereocenters. The first-order chi connectivity index (χ1) is 12.3. The lowest BCUT2D eigenvalue weighted by molar-refractivity contribution is -0.154. The van der Waals surface area contributed by atoms with Crippen molar-refractivity contribution in [2.24, 2.45) is 5.92 Å². The van der Waals surface area contributed by atoms with Crippen LogP contribution in [-0.2, 0) is 24.7 Å². The first-order valence-electron chi connectivity index (χ1n) is 7.62. The van der Waals surface area contributed by atoms with Crippen molar-refractivity contribution < 1.29 is 34.1 Å². The van der Waals surface area contributed by atoms with Crippen molar-refractivity contribution in [2.45, 2.75) is 12.0 Å². The van der Waals surface area contributed by atoms with Crippen LogP contribution in [0.1, 0.15) is 22.3 Å². The number of methoxy groups -OCH3 is 2. The highest BCUT2D eigenvalue weighted by Crippen LogP contribution is 2.53. The number of fused-ring (bicyclic) bond motifs is 3. The number of aliphatic hydroxyl groups is 2. The van der Waals surface area contributed by atoms with Crippen molar-refractivity contribution in [3.8, 4) is 0 Å². The van der Waals surface area contributed by atoms with E-state index in [0.29, 0.717) is 0 Å². The van der Waals surface area contributed by atoms with Crippen LogP contribution >= 0.6 is 15.9 Å². The number of carbonyl (C=O) groups is 3. The van der Waals surface area contributed by atoms with Crippen molar-refractivity contribution in [2.75, 3.05) is 14.2 Å². The van der Waals surface area contributed by atoms with E-state index in [1.807, 2.05) is 0 Å². The zero-order chi connectivity index (χ0) is 19.2. The van der Waals surface area contributed by atoms with E-state index in [0.717, 1.165) is 14.2 Å². The largest absolute Gasteiger partial charge is 0.511 e. The second-order valence-electron chi connectivity index (χ2n) is 5.92. The molecule has 2 unspecified atom stereocenters. The Hall–Kier alpha value is -2.45. The smallest absolute Gasteiger partial charge is 0.337 e. The molecule has 2 N–H and O–H groups in total. The molecule has 0 aromatic heterocycles. The van der Waals surface area contributed by atoms with E-state index in [1.165, 1.54) is 12.1 Å². The first-order valence-corrected chi connectivity index (χ1v) is 8.42. The standard InChI is InChI=1S/C18H15BrO7/c1-25-16(22)9-7-11-13(19)15(21)8-5-3-4-6-10(8)18(11,24)12(14(9)20)17(23)26-2/h3-6,12,20,24H,7H2,1-2H3. The molecule has 0 radical (unpaired) electrons. The highest BCUT2D eigenvalue weighted by atomic mass is 79.9. The molecule has 0 heterocycles. The van der Waals surface area contributed by atoms with Crippen molar-refractivity contribution in [3.63, 3.8) is 0 Å². The molecule has 0 aliphatic heterocycles. The summed E-state index contributed by atoms with van der Waals surface area (Å²) in [6.07, 6.45) is -0.261. The van der Waals surface area contributed by atoms with Gasteiger partial charge >= 0.3 is 11.9 Å². The van der Waals surface area contributed by atoms with Gasteiger partial charge in [0.25, 0.3) is 0 Å². The number of allylic oxidation sites excluding steroid dienone is 1. The fourth-order valence-electron chi connectivity index (χ4n) is 3.48. The van der Waals surface area contributed by atoms with Gasteiger partial charge in [-0.1, -0.05) is 24.3 Å². The molecule has 26 heavy (non-hydrogen) atoms.